The second-order valence-electron chi connectivity index (χ2n) is 7.40. The zero-order valence-electron chi connectivity index (χ0n) is 16.9. The molecule has 4 heteroatoms. The van der Waals surface area contributed by atoms with Crippen LogP contribution in [0.25, 0.3) is 11.0 Å². The summed E-state index contributed by atoms with van der Waals surface area (Å²) in [5.74, 6) is 0.934. The van der Waals surface area contributed by atoms with Gasteiger partial charge in [-0.05, 0) is 49.2 Å². The number of hydrogen-bond donors (Lipinski definition) is 1. The first-order valence-corrected chi connectivity index (χ1v) is 9.95. The van der Waals surface area contributed by atoms with Gasteiger partial charge < -0.3 is 9.88 Å². The van der Waals surface area contributed by atoms with Crippen LogP contribution in [-0.4, -0.2) is 22.0 Å². The fourth-order valence-corrected chi connectivity index (χ4v) is 3.61. The number of fused-ring (bicyclic) bond motifs is 1. The number of para-hydroxylation sites is 2. The molecule has 0 atom stereocenters. The van der Waals surface area contributed by atoms with E-state index < -0.39 is 0 Å². The molecule has 4 nitrogen and oxygen atoms in total. The highest BCUT2D eigenvalue weighted by molar-refractivity contribution is 5.94. The molecule has 3 aromatic carbocycles. The van der Waals surface area contributed by atoms with Crippen LogP contribution >= 0.6 is 0 Å². The molecule has 4 rings (SSSR count). The van der Waals surface area contributed by atoms with Gasteiger partial charge in [-0.3, -0.25) is 4.79 Å². The van der Waals surface area contributed by atoms with Crippen LogP contribution in [0.4, 0.5) is 0 Å². The first kappa shape index (κ1) is 18.9. The van der Waals surface area contributed by atoms with Crippen LogP contribution in [0.2, 0.25) is 0 Å². The van der Waals surface area contributed by atoms with Crippen LogP contribution in [0.15, 0.2) is 72.8 Å². The van der Waals surface area contributed by atoms with E-state index in [4.69, 9.17) is 4.98 Å². The van der Waals surface area contributed by atoms with Crippen molar-refractivity contribution in [1.29, 1.82) is 0 Å². The smallest absolute Gasteiger partial charge is 0.251 e. The summed E-state index contributed by atoms with van der Waals surface area (Å²) in [4.78, 5) is 17.2. The summed E-state index contributed by atoms with van der Waals surface area (Å²) in [6.07, 6.45) is 0.679. The van der Waals surface area contributed by atoms with Crippen molar-refractivity contribution < 1.29 is 4.79 Å². The van der Waals surface area contributed by atoms with Crippen molar-refractivity contribution in [2.24, 2.45) is 0 Å². The molecule has 0 aliphatic heterocycles. The predicted molar refractivity (Wildman–Crippen MR) is 117 cm³/mol. The molecule has 0 aliphatic carbocycles. The van der Waals surface area contributed by atoms with Crippen molar-refractivity contribution in [2.75, 3.05) is 6.54 Å². The number of amides is 1. The number of aromatic nitrogens is 2. The zero-order chi connectivity index (χ0) is 20.2. The van der Waals surface area contributed by atoms with Crippen LogP contribution in [0.3, 0.4) is 0 Å². The van der Waals surface area contributed by atoms with Gasteiger partial charge in [-0.15, -0.1) is 0 Å². The summed E-state index contributed by atoms with van der Waals surface area (Å²) < 4.78 is 2.27. The van der Waals surface area contributed by atoms with Crippen molar-refractivity contribution in [3.63, 3.8) is 0 Å². The molecular weight excluding hydrogens is 358 g/mol. The van der Waals surface area contributed by atoms with Crippen molar-refractivity contribution in [3.05, 3.63) is 101 Å². The highest BCUT2D eigenvalue weighted by Gasteiger charge is 2.13. The van der Waals surface area contributed by atoms with Gasteiger partial charge in [0, 0.05) is 25.1 Å². The Morgan fingerprint density at radius 1 is 0.966 bits per heavy atom. The summed E-state index contributed by atoms with van der Waals surface area (Å²) in [5.41, 5.74) is 6.61. The third-order valence-electron chi connectivity index (χ3n) is 5.24. The minimum atomic E-state index is -0.0530. The normalized spacial score (nSPS) is 11.0. The lowest BCUT2D eigenvalue weighted by atomic mass is 10.1. The van der Waals surface area contributed by atoms with Gasteiger partial charge in [0.15, 0.2) is 0 Å². The lowest BCUT2D eigenvalue weighted by Crippen LogP contribution is -2.26. The van der Waals surface area contributed by atoms with Gasteiger partial charge in [0.25, 0.3) is 5.91 Å². The average molecular weight is 383 g/mol. The molecule has 0 radical (unpaired) electrons. The van der Waals surface area contributed by atoms with Gasteiger partial charge in [0.05, 0.1) is 11.0 Å². The van der Waals surface area contributed by atoms with Crippen molar-refractivity contribution >= 4 is 16.9 Å². The lowest BCUT2D eigenvalue weighted by molar-refractivity contribution is 0.0954. The monoisotopic (exact) mass is 383 g/mol. The van der Waals surface area contributed by atoms with Gasteiger partial charge in [0.2, 0.25) is 0 Å². The average Bonchev–Trinajstić information content (AvgIpc) is 3.08. The fraction of sp³-hybridized carbons (Fsp3) is 0.200. The largest absolute Gasteiger partial charge is 0.352 e. The molecule has 146 valence electrons. The third kappa shape index (κ3) is 4.21. The molecule has 0 saturated carbocycles. The van der Waals surface area contributed by atoms with E-state index in [1.165, 1.54) is 16.7 Å². The molecule has 29 heavy (non-hydrogen) atoms. The van der Waals surface area contributed by atoms with Gasteiger partial charge in [-0.1, -0.05) is 54.1 Å². The minimum absolute atomic E-state index is 0.0530. The van der Waals surface area contributed by atoms with Crippen LogP contribution in [0.5, 0.6) is 0 Å². The van der Waals surface area contributed by atoms with Crippen LogP contribution in [0, 0.1) is 13.8 Å². The number of nitrogens with zero attached hydrogens (tertiary/aromatic N) is 2. The molecular formula is C25H25N3O. The van der Waals surface area contributed by atoms with E-state index in [0.29, 0.717) is 18.5 Å². The van der Waals surface area contributed by atoms with Crippen LogP contribution < -0.4 is 5.32 Å². The van der Waals surface area contributed by atoms with Gasteiger partial charge in [-0.25, -0.2) is 4.98 Å². The van der Waals surface area contributed by atoms with E-state index in [1.807, 2.05) is 48.5 Å². The van der Waals surface area contributed by atoms with E-state index in [1.54, 1.807) is 0 Å². The molecule has 0 spiro atoms. The SMILES string of the molecule is Cc1ccc(C)c(Cn2c(CCNC(=O)c3ccccc3)nc3ccccc32)c1. The summed E-state index contributed by atoms with van der Waals surface area (Å²) in [6.45, 7) is 5.59. The Labute approximate surface area is 171 Å². The molecule has 0 saturated heterocycles. The van der Waals surface area contributed by atoms with Crippen molar-refractivity contribution in [2.45, 2.75) is 26.8 Å². The van der Waals surface area contributed by atoms with Gasteiger partial charge in [-0.2, -0.15) is 0 Å². The number of imidazole rings is 1. The van der Waals surface area contributed by atoms with E-state index in [-0.39, 0.29) is 5.91 Å². The summed E-state index contributed by atoms with van der Waals surface area (Å²) >= 11 is 0. The van der Waals surface area contributed by atoms with Crippen molar-refractivity contribution in [1.82, 2.24) is 14.9 Å². The number of aryl methyl sites for hydroxylation is 2. The number of carbonyl (C=O) groups excluding carboxylic acids is 1. The lowest BCUT2D eigenvalue weighted by Gasteiger charge is -2.13. The Balaban J connectivity index is 1.56. The third-order valence-corrected chi connectivity index (χ3v) is 5.24. The predicted octanol–water partition coefficient (Wildman–Crippen LogP) is 4.67. The van der Waals surface area contributed by atoms with Crippen LogP contribution in [0.1, 0.15) is 32.9 Å². The molecule has 4 aromatic rings. The van der Waals surface area contributed by atoms with E-state index in [2.05, 4.69) is 48.0 Å². The number of rotatable bonds is 6. The molecule has 0 bridgehead atoms. The zero-order valence-corrected chi connectivity index (χ0v) is 16.9. The number of benzene rings is 3. The molecule has 1 aromatic heterocycles. The quantitative estimate of drug-likeness (QED) is 0.526. The highest BCUT2D eigenvalue weighted by Crippen LogP contribution is 2.20. The molecule has 0 fully saturated rings. The molecule has 0 unspecified atom stereocenters. The molecule has 1 N–H and O–H groups in total. The Hall–Kier alpha value is -3.40. The summed E-state index contributed by atoms with van der Waals surface area (Å²) in [7, 11) is 0. The van der Waals surface area contributed by atoms with E-state index >= 15 is 0 Å². The Morgan fingerprint density at radius 2 is 1.72 bits per heavy atom. The summed E-state index contributed by atoms with van der Waals surface area (Å²) in [5, 5.41) is 3.01. The number of carbonyl (C=O) groups is 1. The van der Waals surface area contributed by atoms with Gasteiger partial charge in [0.1, 0.15) is 5.82 Å². The highest BCUT2D eigenvalue weighted by atomic mass is 16.1. The first-order valence-electron chi connectivity index (χ1n) is 9.95. The van der Waals surface area contributed by atoms with Crippen LogP contribution in [-0.2, 0) is 13.0 Å². The van der Waals surface area contributed by atoms with E-state index in [9.17, 15) is 4.79 Å². The fourth-order valence-electron chi connectivity index (χ4n) is 3.61. The number of hydrogen-bond acceptors (Lipinski definition) is 2. The van der Waals surface area contributed by atoms with E-state index in [0.717, 1.165) is 23.4 Å². The maximum atomic E-state index is 12.3. The second kappa shape index (κ2) is 8.31. The Morgan fingerprint density at radius 3 is 2.55 bits per heavy atom. The molecule has 1 heterocycles. The second-order valence-corrected chi connectivity index (χ2v) is 7.40. The number of nitrogens with one attached hydrogen (secondary N) is 1. The molecule has 1 amide bonds. The Kier molecular flexibility index (Phi) is 5.43. The first-order chi connectivity index (χ1) is 14.1. The molecule has 0 aliphatic rings. The maximum absolute atomic E-state index is 12.3. The Bertz CT molecular complexity index is 1150. The summed E-state index contributed by atoms with van der Waals surface area (Å²) in [6, 6.07) is 24.1. The topological polar surface area (TPSA) is 46.9 Å². The standard InChI is InChI=1S/C25H25N3O/c1-18-12-13-19(2)21(16-18)17-28-23-11-7-6-10-22(23)27-24(28)14-15-26-25(29)20-8-4-3-5-9-20/h3-13,16H,14-15,17H2,1-2H3,(H,26,29). The minimum Gasteiger partial charge on any atom is -0.352 e. The van der Waals surface area contributed by atoms with Gasteiger partial charge >= 0.3 is 0 Å². The maximum Gasteiger partial charge on any atom is 0.251 e. The van der Waals surface area contributed by atoms with Crippen molar-refractivity contribution in [3.8, 4) is 0 Å².